The molecule has 2 aromatic carbocycles. The van der Waals surface area contributed by atoms with Crippen LogP contribution in [0.5, 0.6) is 0 Å². The molecule has 2 nitrogen and oxygen atoms in total. The first-order valence-electron chi connectivity index (χ1n) is 11.2. The van der Waals surface area contributed by atoms with Crippen molar-refractivity contribution in [1.29, 1.82) is 0 Å². The van der Waals surface area contributed by atoms with Crippen molar-refractivity contribution >= 4 is 11.4 Å². The molecule has 0 aliphatic carbocycles. The average Bonchev–Trinajstić information content (AvgIpc) is 2.94. The number of hydrogen-bond donors (Lipinski definition) is 1. The van der Waals surface area contributed by atoms with E-state index in [2.05, 4.69) is 5.32 Å². The van der Waals surface area contributed by atoms with Crippen LogP contribution in [0.4, 0.5) is 37.7 Å². The molecule has 1 aliphatic rings. The molecule has 1 aliphatic heterocycles. The maximum atomic E-state index is 13.3. The van der Waals surface area contributed by atoms with Crippen molar-refractivity contribution in [1.82, 2.24) is 0 Å². The fourth-order valence-corrected chi connectivity index (χ4v) is 4.64. The second-order valence-corrected chi connectivity index (χ2v) is 9.99. The first-order chi connectivity index (χ1) is 16.0. The van der Waals surface area contributed by atoms with Crippen LogP contribution < -0.4 is 10.2 Å². The number of likely N-dealkylation sites (N-methyl/N-ethyl adjacent to an activating group) is 1. The van der Waals surface area contributed by atoms with Gasteiger partial charge in [0.2, 0.25) is 0 Å². The Morgan fingerprint density at radius 1 is 0.914 bits per heavy atom. The summed E-state index contributed by atoms with van der Waals surface area (Å²) in [7, 11) is 3.48. The van der Waals surface area contributed by atoms with Gasteiger partial charge in [-0.3, -0.25) is 0 Å². The summed E-state index contributed by atoms with van der Waals surface area (Å²) in [5.74, 6) is 0. The van der Waals surface area contributed by atoms with Crippen LogP contribution in [0.25, 0.3) is 0 Å². The predicted octanol–water partition coefficient (Wildman–Crippen LogP) is 8.30. The van der Waals surface area contributed by atoms with Crippen LogP contribution in [0.15, 0.2) is 60.3 Å². The summed E-state index contributed by atoms with van der Waals surface area (Å²) in [4.78, 5) is 1.87. The van der Waals surface area contributed by atoms with Crippen LogP contribution in [-0.2, 0) is 23.2 Å². The maximum Gasteiger partial charge on any atom is 0.416 e. The van der Waals surface area contributed by atoms with Gasteiger partial charge in [0.1, 0.15) is 0 Å². The summed E-state index contributed by atoms with van der Waals surface area (Å²) < 4.78 is 79.5. The first kappa shape index (κ1) is 26.7. The molecule has 0 spiro atoms. The maximum absolute atomic E-state index is 13.3. The second kappa shape index (κ2) is 8.95. The van der Waals surface area contributed by atoms with Crippen LogP contribution >= 0.6 is 0 Å². The van der Waals surface area contributed by atoms with Crippen LogP contribution in [0.1, 0.15) is 56.4 Å². The summed E-state index contributed by atoms with van der Waals surface area (Å²) in [6.07, 6.45) is -2.84. The van der Waals surface area contributed by atoms with Gasteiger partial charge >= 0.3 is 12.4 Å². The quantitative estimate of drug-likeness (QED) is 0.419. The molecule has 190 valence electrons. The van der Waals surface area contributed by atoms with Gasteiger partial charge in [0, 0.05) is 36.6 Å². The monoisotopic (exact) mass is 496 g/mol. The van der Waals surface area contributed by atoms with Crippen molar-refractivity contribution < 1.29 is 26.3 Å². The third kappa shape index (κ3) is 5.21. The predicted molar refractivity (Wildman–Crippen MR) is 129 cm³/mol. The van der Waals surface area contributed by atoms with Gasteiger partial charge in [-0.1, -0.05) is 39.8 Å². The Labute approximate surface area is 202 Å². The smallest absolute Gasteiger partial charge is 0.388 e. The van der Waals surface area contributed by atoms with Crippen molar-refractivity contribution in [3.63, 3.8) is 0 Å². The fraction of sp³-hybridized carbons (Fsp3) is 0.407. The summed E-state index contributed by atoms with van der Waals surface area (Å²) in [5, 5.41) is 2.97. The molecule has 0 saturated heterocycles. The van der Waals surface area contributed by atoms with Gasteiger partial charge in [0.15, 0.2) is 0 Å². The van der Waals surface area contributed by atoms with E-state index >= 15 is 0 Å². The Hall–Kier alpha value is -2.90. The minimum absolute atomic E-state index is 0.460. The van der Waals surface area contributed by atoms with Crippen LogP contribution in [0.2, 0.25) is 0 Å². The summed E-state index contributed by atoms with van der Waals surface area (Å²) in [5.41, 5.74) is 0.689. The largest absolute Gasteiger partial charge is 0.416 e. The molecule has 0 atom stereocenters. The zero-order valence-corrected chi connectivity index (χ0v) is 20.6. The molecule has 0 radical (unpaired) electrons. The number of nitrogens with one attached hydrogen (secondary N) is 1. The van der Waals surface area contributed by atoms with Crippen molar-refractivity contribution in [2.45, 2.75) is 57.3 Å². The molecule has 0 fully saturated rings. The minimum Gasteiger partial charge on any atom is -0.388 e. The van der Waals surface area contributed by atoms with Gasteiger partial charge in [0.05, 0.1) is 11.1 Å². The van der Waals surface area contributed by atoms with E-state index in [9.17, 15) is 26.3 Å². The van der Waals surface area contributed by atoms with Crippen LogP contribution in [0.3, 0.4) is 0 Å². The van der Waals surface area contributed by atoms with Gasteiger partial charge in [-0.15, -0.1) is 0 Å². The molecule has 3 rings (SSSR count). The number of rotatable bonds is 5. The number of halogens is 6. The standard InChI is InChI=1S/C27H30F6N2/c1-24(2,19-15-17(26(28,29)30)10-12-21(19)34-5)14-8-7-9-23-25(3,4)20-16-18(27(31,32)33)11-13-22(20)35(23)6/h7-13,15-16,34H,14H2,1-6H3. The number of alkyl halides is 6. The SMILES string of the molecule is CNc1ccc(C(F)(F)F)cc1C(C)(C)CC=CC=C1N(C)c2ccc(C(F)(F)F)cc2C1(C)C. The van der Waals surface area contributed by atoms with E-state index in [1.165, 1.54) is 24.3 Å². The van der Waals surface area contributed by atoms with Gasteiger partial charge in [-0.25, -0.2) is 0 Å². The molecule has 2 aromatic rings. The highest BCUT2D eigenvalue weighted by molar-refractivity contribution is 5.71. The van der Waals surface area contributed by atoms with E-state index < -0.39 is 34.3 Å². The minimum atomic E-state index is -4.43. The van der Waals surface area contributed by atoms with E-state index in [1.54, 1.807) is 7.05 Å². The molecule has 0 unspecified atom stereocenters. The normalized spacial score (nSPS) is 17.4. The Morgan fingerprint density at radius 3 is 2.06 bits per heavy atom. The molecule has 1 heterocycles. The van der Waals surface area contributed by atoms with Gasteiger partial charge in [-0.2, -0.15) is 26.3 Å². The number of fused-ring (bicyclic) bond motifs is 1. The van der Waals surface area contributed by atoms with Crippen molar-refractivity contribution in [2.24, 2.45) is 0 Å². The lowest BCUT2D eigenvalue weighted by molar-refractivity contribution is -0.138. The van der Waals surface area contributed by atoms with Gasteiger partial charge < -0.3 is 10.2 Å². The third-order valence-corrected chi connectivity index (χ3v) is 6.72. The van der Waals surface area contributed by atoms with Crippen LogP contribution in [-0.4, -0.2) is 14.1 Å². The van der Waals surface area contributed by atoms with Gasteiger partial charge in [0.25, 0.3) is 0 Å². The number of benzene rings is 2. The molecule has 0 bridgehead atoms. The Morgan fingerprint density at radius 2 is 1.49 bits per heavy atom. The zero-order valence-electron chi connectivity index (χ0n) is 20.6. The lowest BCUT2D eigenvalue weighted by atomic mass is 9.79. The molecule has 8 heteroatoms. The van der Waals surface area contributed by atoms with Crippen molar-refractivity contribution in [3.8, 4) is 0 Å². The Bertz CT molecular complexity index is 1150. The topological polar surface area (TPSA) is 15.3 Å². The number of hydrogen-bond acceptors (Lipinski definition) is 2. The van der Waals surface area contributed by atoms with E-state index in [0.717, 1.165) is 17.8 Å². The molecule has 0 aromatic heterocycles. The average molecular weight is 497 g/mol. The zero-order chi connectivity index (χ0) is 26.4. The molecule has 0 amide bonds. The van der Waals surface area contributed by atoms with Crippen molar-refractivity contribution in [3.05, 3.63) is 82.6 Å². The molecule has 1 N–H and O–H groups in total. The molecule has 35 heavy (non-hydrogen) atoms. The lowest BCUT2D eigenvalue weighted by Gasteiger charge is -2.27. The van der Waals surface area contributed by atoms with E-state index in [0.29, 0.717) is 28.9 Å². The summed E-state index contributed by atoms with van der Waals surface area (Å²) >= 11 is 0. The van der Waals surface area contributed by atoms with E-state index in [-0.39, 0.29) is 0 Å². The number of anilines is 2. The van der Waals surface area contributed by atoms with E-state index in [1.807, 2.05) is 57.9 Å². The van der Waals surface area contributed by atoms with Gasteiger partial charge in [-0.05, 0) is 65.4 Å². The number of nitrogens with zero attached hydrogens (tertiary/aromatic N) is 1. The van der Waals surface area contributed by atoms with Crippen LogP contribution in [0, 0.1) is 0 Å². The number of allylic oxidation sites excluding steroid dienone is 4. The second-order valence-electron chi connectivity index (χ2n) is 9.99. The highest BCUT2D eigenvalue weighted by Gasteiger charge is 2.41. The first-order valence-corrected chi connectivity index (χ1v) is 11.2. The third-order valence-electron chi connectivity index (χ3n) is 6.72. The Balaban J connectivity index is 1.87. The van der Waals surface area contributed by atoms with Crippen molar-refractivity contribution in [2.75, 3.05) is 24.3 Å². The highest BCUT2D eigenvalue weighted by atomic mass is 19.4. The fourth-order valence-electron chi connectivity index (χ4n) is 4.64. The lowest BCUT2D eigenvalue weighted by Crippen LogP contribution is -2.22. The molecule has 0 saturated carbocycles. The molecular formula is C27H30F6N2. The Kier molecular flexibility index (Phi) is 6.83. The molecular weight excluding hydrogens is 466 g/mol. The summed E-state index contributed by atoms with van der Waals surface area (Å²) in [6.45, 7) is 7.50. The van der Waals surface area contributed by atoms with E-state index in [4.69, 9.17) is 0 Å². The highest BCUT2D eigenvalue weighted by Crippen LogP contribution is 2.48. The summed E-state index contributed by atoms with van der Waals surface area (Å²) in [6, 6.07) is 7.45.